The number of carbonyl (C=O) groups is 1. The maximum atomic E-state index is 14.0. The molecule has 1 spiro atoms. The molecule has 1 amide bonds. The van der Waals surface area contributed by atoms with Crippen molar-refractivity contribution in [3.63, 3.8) is 0 Å². The van der Waals surface area contributed by atoms with Crippen LogP contribution in [0.5, 0.6) is 5.75 Å². The lowest BCUT2D eigenvalue weighted by molar-refractivity contribution is -0.0183. The minimum Gasteiger partial charge on any atom is -0.491 e. The Morgan fingerprint density at radius 1 is 1.26 bits per heavy atom. The van der Waals surface area contributed by atoms with Gasteiger partial charge in [0.1, 0.15) is 0 Å². The summed E-state index contributed by atoms with van der Waals surface area (Å²) in [6.45, 7) is 6.49. The van der Waals surface area contributed by atoms with Gasteiger partial charge in [0.25, 0.3) is 0 Å². The summed E-state index contributed by atoms with van der Waals surface area (Å²) in [7, 11) is -3.43. The molecule has 3 rings (SSSR count). The zero-order chi connectivity index (χ0) is 22.6. The zero-order valence-corrected chi connectivity index (χ0v) is 19.5. The van der Waals surface area contributed by atoms with E-state index >= 15 is 0 Å². The number of hydrogen-bond acceptors (Lipinski definition) is 5. The van der Waals surface area contributed by atoms with E-state index in [1.165, 1.54) is 25.0 Å². The first-order valence-electron chi connectivity index (χ1n) is 11.1. The van der Waals surface area contributed by atoms with Crippen LogP contribution < -0.4 is 4.74 Å². The highest BCUT2D eigenvalue weighted by Crippen LogP contribution is 2.54. The van der Waals surface area contributed by atoms with Crippen molar-refractivity contribution in [3.8, 4) is 5.75 Å². The van der Waals surface area contributed by atoms with E-state index in [9.17, 15) is 17.6 Å². The summed E-state index contributed by atoms with van der Waals surface area (Å²) >= 11 is 0. The molecule has 1 aromatic carbocycles. The van der Waals surface area contributed by atoms with Crippen LogP contribution >= 0.6 is 0 Å². The number of amides is 1. The molecule has 8 heteroatoms. The number of sulfone groups is 1. The van der Waals surface area contributed by atoms with Gasteiger partial charge in [-0.3, -0.25) is 0 Å². The fraction of sp³-hybridized carbons (Fsp3) is 0.696. The van der Waals surface area contributed by atoms with Crippen LogP contribution in [-0.4, -0.2) is 52.0 Å². The van der Waals surface area contributed by atoms with Gasteiger partial charge in [0, 0.05) is 19.3 Å². The Hall–Kier alpha value is -1.83. The summed E-state index contributed by atoms with van der Waals surface area (Å²) in [5.41, 5.74) is 0.369. The van der Waals surface area contributed by atoms with Gasteiger partial charge in [-0.15, -0.1) is 0 Å². The number of hydrogen-bond donors (Lipinski definition) is 0. The average Bonchev–Trinajstić information content (AvgIpc) is 2.68. The third-order valence-corrected chi connectivity index (χ3v) is 7.52. The highest BCUT2D eigenvalue weighted by molar-refractivity contribution is 7.90. The predicted molar refractivity (Wildman–Crippen MR) is 116 cm³/mol. The molecule has 1 heterocycles. The Morgan fingerprint density at radius 3 is 2.52 bits per heavy atom. The predicted octanol–water partition coefficient (Wildman–Crippen LogP) is 4.67. The van der Waals surface area contributed by atoms with E-state index in [-0.39, 0.29) is 16.7 Å². The van der Waals surface area contributed by atoms with Crippen molar-refractivity contribution in [2.24, 2.45) is 17.3 Å². The Kier molecular flexibility index (Phi) is 7.50. The smallest absolute Gasteiger partial charge is 0.409 e. The molecule has 31 heavy (non-hydrogen) atoms. The van der Waals surface area contributed by atoms with Gasteiger partial charge in [0.05, 0.1) is 18.1 Å². The van der Waals surface area contributed by atoms with E-state index in [1.54, 1.807) is 0 Å². The number of likely N-dealkylation sites (tertiary alicyclic amines) is 1. The molecule has 1 aliphatic heterocycles. The van der Waals surface area contributed by atoms with E-state index in [0.29, 0.717) is 30.5 Å². The molecular formula is C23H34FNO5S. The highest BCUT2D eigenvalue weighted by atomic mass is 32.2. The lowest BCUT2D eigenvalue weighted by Gasteiger charge is -2.52. The normalized spacial score (nSPS) is 18.8. The SMILES string of the molecule is CC(C)COC(=O)N1CCC2(CC1)CC(CCCOc1ccc(S(C)(=O)=O)cc1F)C2. The van der Waals surface area contributed by atoms with Gasteiger partial charge in [-0.1, -0.05) is 13.8 Å². The van der Waals surface area contributed by atoms with Gasteiger partial charge in [-0.2, -0.15) is 0 Å². The van der Waals surface area contributed by atoms with E-state index < -0.39 is 15.7 Å². The lowest BCUT2D eigenvalue weighted by Crippen LogP contribution is -2.49. The molecule has 0 aromatic heterocycles. The maximum Gasteiger partial charge on any atom is 0.409 e. The number of ether oxygens (including phenoxy) is 2. The number of piperidine rings is 1. The van der Waals surface area contributed by atoms with Crippen LogP contribution in [0.2, 0.25) is 0 Å². The zero-order valence-electron chi connectivity index (χ0n) is 18.7. The van der Waals surface area contributed by atoms with Crippen molar-refractivity contribution in [1.82, 2.24) is 4.90 Å². The van der Waals surface area contributed by atoms with Crippen LogP contribution in [0.25, 0.3) is 0 Å². The second-order valence-electron chi connectivity index (χ2n) is 9.59. The van der Waals surface area contributed by atoms with Crippen LogP contribution in [0.1, 0.15) is 52.4 Å². The molecular weight excluding hydrogens is 421 g/mol. The molecule has 1 saturated carbocycles. The Morgan fingerprint density at radius 2 is 1.94 bits per heavy atom. The van der Waals surface area contributed by atoms with Crippen molar-refractivity contribution >= 4 is 15.9 Å². The van der Waals surface area contributed by atoms with Crippen LogP contribution in [0, 0.1) is 23.1 Å². The first kappa shape index (κ1) is 23.8. The van der Waals surface area contributed by atoms with Gasteiger partial charge < -0.3 is 14.4 Å². The number of halogens is 1. The third-order valence-electron chi connectivity index (χ3n) is 6.41. The van der Waals surface area contributed by atoms with Gasteiger partial charge >= 0.3 is 6.09 Å². The number of nitrogens with zero attached hydrogens (tertiary/aromatic N) is 1. The van der Waals surface area contributed by atoms with E-state index in [2.05, 4.69) is 0 Å². The van der Waals surface area contributed by atoms with Crippen molar-refractivity contribution in [2.45, 2.75) is 57.3 Å². The summed E-state index contributed by atoms with van der Waals surface area (Å²) < 4.78 is 47.8. The van der Waals surface area contributed by atoms with Crippen LogP contribution in [0.15, 0.2) is 23.1 Å². The van der Waals surface area contributed by atoms with Crippen molar-refractivity contribution in [1.29, 1.82) is 0 Å². The molecule has 1 aliphatic carbocycles. The van der Waals surface area contributed by atoms with Crippen LogP contribution in [0.4, 0.5) is 9.18 Å². The Bertz CT molecular complexity index is 870. The maximum absolute atomic E-state index is 14.0. The summed E-state index contributed by atoms with van der Waals surface area (Å²) in [5, 5.41) is 0. The van der Waals surface area contributed by atoms with Crippen molar-refractivity contribution in [2.75, 3.05) is 32.6 Å². The molecule has 0 unspecified atom stereocenters. The molecule has 1 saturated heterocycles. The Balaban J connectivity index is 1.33. The van der Waals surface area contributed by atoms with Gasteiger partial charge in [-0.25, -0.2) is 17.6 Å². The monoisotopic (exact) mass is 455 g/mol. The average molecular weight is 456 g/mol. The van der Waals surface area contributed by atoms with Gasteiger partial charge in [-0.05, 0) is 74.0 Å². The minimum atomic E-state index is -3.43. The van der Waals surface area contributed by atoms with Crippen LogP contribution in [0.3, 0.4) is 0 Å². The topological polar surface area (TPSA) is 72.9 Å². The second kappa shape index (κ2) is 9.76. The Labute approximate surface area is 185 Å². The summed E-state index contributed by atoms with van der Waals surface area (Å²) in [6.07, 6.45) is 7.17. The molecule has 0 bridgehead atoms. The molecule has 1 aromatic rings. The van der Waals surface area contributed by atoms with Crippen molar-refractivity contribution < 1.29 is 27.1 Å². The fourth-order valence-corrected chi connectivity index (χ4v) is 5.29. The number of rotatable bonds is 8. The summed E-state index contributed by atoms with van der Waals surface area (Å²) in [5.74, 6) is 0.443. The minimum absolute atomic E-state index is 0.0450. The lowest BCUT2D eigenvalue weighted by atomic mass is 9.56. The molecule has 2 aliphatic rings. The quantitative estimate of drug-likeness (QED) is 0.533. The highest BCUT2D eigenvalue weighted by Gasteiger charge is 2.45. The molecule has 6 nitrogen and oxygen atoms in total. The molecule has 0 N–H and O–H groups in total. The van der Waals surface area contributed by atoms with E-state index in [4.69, 9.17) is 9.47 Å². The van der Waals surface area contributed by atoms with E-state index in [0.717, 1.165) is 51.1 Å². The van der Waals surface area contributed by atoms with Crippen LogP contribution in [-0.2, 0) is 14.6 Å². The first-order valence-corrected chi connectivity index (χ1v) is 13.0. The number of carbonyl (C=O) groups excluding carboxylic acids is 1. The summed E-state index contributed by atoms with van der Waals surface area (Å²) in [6, 6.07) is 3.75. The van der Waals surface area contributed by atoms with Gasteiger partial charge in [0.2, 0.25) is 0 Å². The summed E-state index contributed by atoms with van der Waals surface area (Å²) in [4.78, 5) is 13.9. The standard InChI is InChI=1S/C23H34FNO5S/c1-17(2)16-30-22(26)25-10-8-23(9-11-25)14-18(15-23)5-4-12-29-21-7-6-19(13-20(21)24)31(3,27)28/h6-7,13,17-18H,4-5,8-12,14-16H2,1-3H3. The first-order chi connectivity index (χ1) is 14.6. The second-order valence-corrected chi connectivity index (χ2v) is 11.6. The fourth-order valence-electron chi connectivity index (χ4n) is 4.65. The molecule has 174 valence electrons. The molecule has 0 radical (unpaired) electrons. The number of benzene rings is 1. The van der Waals surface area contributed by atoms with E-state index in [1.807, 2.05) is 18.7 Å². The largest absolute Gasteiger partial charge is 0.491 e. The molecule has 0 atom stereocenters. The third kappa shape index (κ3) is 6.34. The van der Waals surface area contributed by atoms with Gasteiger partial charge in [0.15, 0.2) is 21.4 Å². The molecule has 2 fully saturated rings. The van der Waals surface area contributed by atoms with Crippen molar-refractivity contribution in [3.05, 3.63) is 24.0 Å².